The maximum absolute atomic E-state index is 13.6. The summed E-state index contributed by atoms with van der Waals surface area (Å²) < 4.78 is 13.6. The maximum Gasteiger partial charge on any atom is 0.253 e. The van der Waals surface area contributed by atoms with Crippen LogP contribution >= 0.6 is 0 Å². The molecule has 1 aromatic carbocycles. The highest BCUT2D eigenvalue weighted by Gasteiger charge is 2.07. The third kappa shape index (κ3) is 4.86. The van der Waals surface area contributed by atoms with Crippen molar-refractivity contribution in [3.8, 4) is 0 Å². The molecule has 3 aromatic rings. The van der Waals surface area contributed by atoms with Crippen LogP contribution in [0.4, 0.5) is 10.1 Å². The van der Waals surface area contributed by atoms with Crippen molar-refractivity contribution in [1.29, 1.82) is 0 Å². The summed E-state index contributed by atoms with van der Waals surface area (Å²) in [5.41, 5.74) is 2.61. The standard InChI is InChI=1S/C20H19FN4O/c21-19-7-2-1-5-15(19)8-10-24-18-11-16(12-22-13-18)20(26)25-14-17-6-3-4-9-23-17/h1-7,9,11-13,24H,8,10,14H2,(H,25,26). The van der Waals surface area contributed by atoms with Gasteiger partial charge >= 0.3 is 0 Å². The minimum absolute atomic E-state index is 0.213. The number of benzene rings is 1. The number of hydrogen-bond donors (Lipinski definition) is 2. The molecule has 0 atom stereocenters. The zero-order valence-electron chi connectivity index (χ0n) is 14.2. The summed E-state index contributed by atoms with van der Waals surface area (Å²) in [6.07, 6.45) is 5.37. The summed E-state index contributed by atoms with van der Waals surface area (Å²) in [6.45, 7) is 0.895. The van der Waals surface area contributed by atoms with Crippen molar-refractivity contribution < 1.29 is 9.18 Å². The minimum atomic E-state index is -0.221. The Bertz CT molecular complexity index is 870. The molecule has 0 bridgehead atoms. The number of carbonyl (C=O) groups is 1. The minimum Gasteiger partial charge on any atom is -0.383 e. The first-order valence-corrected chi connectivity index (χ1v) is 8.33. The summed E-state index contributed by atoms with van der Waals surface area (Å²) in [7, 11) is 0. The van der Waals surface area contributed by atoms with Gasteiger partial charge in [0.2, 0.25) is 0 Å². The number of rotatable bonds is 7. The number of aromatic nitrogens is 2. The van der Waals surface area contributed by atoms with Crippen LogP contribution in [0.5, 0.6) is 0 Å². The van der Waals surface area contributed by atoms with Crippen LogP contribution in [0.3, 0.4) is 0 Å². The molecule has 0 saturated heterocycles. The molecule has 0 spiro atoms. The molecule has 0 fully saturated rings. The third-order valence-corrected chi connectivity index (χ3v) is 3.84. The van der Waals surface area contributed by atoms with Crippen LogP contribution in [0.25, 0.3) is 0 Å². The number of carbonyl (C=O) groups excluding carboxylic acids is 1. The fraction of sp³-hybridized carbons (Fsp3) is 0.150. The monoisotopic (exact) mass is 350 g/mol. The fourth-order valence-electron chi connectivity index (χ4n) is 2.48. The van der Waals surface area contributed by atoms with E-state index in [0.29, 0.717) is 36.3 Å². The van der Waals surface area contributed by atoms with E-state index in [-0.39, 0.29) is 11.7 Å². The van der Waals surface area contributed by atoms with Gasteiger partial charge in [-0.15, -0.1) is 0 Å². The number of hydrogen-bond acceptors (Lipinski definition) is 4. The molecule has 0 saturated carbocycles. The normalized spacial score (nSPS) is 10.3. The van der Waals surface area contributed by atoms with Gasteiger partial charge in [0.25, 0.3) is 5.91 Å². The van der Waals surface area contributed by atoms with Gasteiger partial charge in [-0.3, -0.25) is 14.8 Å². The molecule has 3 rings (SSSR count). The van der Waals surface area contributed by atoms with Gasteiger partial charge < -0.3 is 10.6 Å². The topological polar surface area (TPSA) is 66.9 Å². The first-order chi connectivity index (χ1) is 12.7. The quantitative estimate of drug-likeness (QED) is 0.687. The van der Waals surface area contributed by atoms with Crippen LogP contribution in [0, 0.1) is 5.82 Å². The Kier molecular flexibility index (Phi) is 5.88. The van der Waals surface area contributed by atoms with E-state index in [1.165, 1.54) is 12.3 Å². The molecule has 0 unspecified atom stereocenters. The van der Waals surface area contributed by atoms with Gasteiger partial charge in [-0.2, -0.15) is 0 Å². The predicted molar refractivity (Wildman–Crippen MR) is 98.2 cm³/mol. The molecule has 2 N–H and O–H groups in total. The summed E-state index contributed by atoms with van der Waals surface area (Å²) >= 11 is 0. The molecule has 132 valence electrons. The largest absolute Gasteiger partial charge is 0.383 e. The molecule has 26 heavy (non-hydrogen) atoms. The fourth-order valence-corrected chi connectivity index (χ4v) is 2.48. The molecule has 0 aliphatic carbocycles. The molecule has 1 amide bonds. The van der Waals surface area contributed by atoms with E-state index in [1.807, 2.05) is 24.3 Å². The molecule has 0 radical (unpaired) electrons. The second-order valence-electron chi connectivity index (χ2n) is 5.73. The van der Waals surface area contributed by atoms with Crippen molar-refractivity contribution in [3.05, 3.63) is 89.8 Å². The smallest absolute Gasteiger partial charge is 0.253 e. The zero-order valence-corrected chi connectivity index (χ0v) is 14.2. The average molecular weight is 350 g/mol. The lowest BCUT2D eigenvalue weighted by Gasteiger charge is -2.09. The van der Waals surface area contributed by atoms with Gasteiger partial charge in [-0.05, 0) is 36.2 Å². The predicted octanol–water partition coefficient (Wildman–Crippen LogP) is 3.20. The second-order valence-corrected chi connectivity index (χ2v) is 5.73. The second kappa shape index (κ2) is 8.71. The van der Waals surface area contributed by atoms with Crippen LogP contribution in [-0.2, 0) is 13.0 Å². The summed E-state index contributed by atoms with van der Waals surface area (Å²) in [5, 5.41) is 5.98. The Balaban J connectivity index is 1.54. The van der Waals surface area contributed by atoms with E-state index in [9.17, 15) is 9.18 Å². The van der Waals surface area contributed by atoms with Crippen LogP contribution in [0.15, 0.2) is 67.1 Å². The molecule has 5 nitrogen and oxygen atoms in total. The molecule has 0 aliphatic heterocycles. The number of pyridine rings is 2. The Morgan fingerprint density at radius 3 is 2.73 bits per heavy atom. The van der Waals surface area contributed by atoms with E-state index < -0.39 is 0 Å². The third-order valence-electron chi connectivity index (χ3n) is 3.84. The Hall–Kier alpha value is -3.28. The van der Waals surface area contributed by atoms with E-state index in [1.54, 1.807) is 30.6 Å². The number of halogens is 1. The van der Waals surface area contributed by atoms with Gasteiger partial charge in [-0.1, -0.05) is 24.3 Å². The maximum atomic E-state index is 13.6. The van der Waals surface area contributed by atoms with Gasteiger partial charge in [0, 0.05) is 25.1 Å². The Morgan fingerprint density at radius 2 is 1.92 bits per heavy atom. The summed E-state index contributed by atoms with van der Waals surface area (Å²) in [6, 6.07) is 14.0. The van der Waals surface area contributed by atoms with Gasteiger partial charge in [0.05, 0.1) is 23.5 Å². The number of nitrogens with zero attached hydrogens (tertiary/aromatic N) is 2. The highest BCUT2D eigenvalue weighted by molar-refractivity contribution is 5.94. The Morgan fingerprint density at radius 1 is 1.08 bits per heavy atom. The van der Waals surface area contributed by atoms with Crippen LogP contribution in [-0.4, -0.2) is 22.4 Å². The summed E-state index contributed by atoms with van der Waals surface area (Å²) in [5.74, 6) is -0.434. The average Bonchev–Trinajstić information content (AvgIpc) is 2.69. The van der Waals surface area contributed by atoms with Crippen molar-refractivity contribution in [2.45, 2.75) is 13.0 Å². The highest BCUT2D eigenvalue weighted by Crippen LogP contribution is 2.11. The molecular weight excluding hydrogens is 331 g/mol. The van der Waals surface area contributed by atoms with Gasteiger partial charge in [-0.25, -0.2) is 4.39 Å². The van der Waals surface area contributed by atoms with E-state index in [4.69, 9.17) is 0 Å². The highest BCUT2D eigenvalue weighted by atomic mass is 19.1. The van der Waals surface area contributed by atoms with Crippen molar-refractivity contribution >= 4 is 11.6 Å². The lowest BCUT2D eigenvalue weighted by molar-refractivity contribution is 0.0950. The van der Waals surface area contributed by atoms with Crippen molar-refractivity contribution in [1.82, 2.24) is 15.3 Å². The summed E-state index contributed by atoms with van der Waals surface area (Å²) in [4.78, 5) is 20.5. The van der Waals surface area contributed by atoms with Crippen molar-refractivity contribution in [3.63, 3.8) is 0 Å². The van der Waals surface area contributed by atoms with E-state index in [2.05, 4.69) is 20.6 Å². The first-order valence-electron chi connectivity index (χ1n) is 8.33. The molecule has 0 aliphatic rings. The Labute approximate surface area is 151 Å². The van der Waals surface area contributed by atoms with Crippen LogP contribution in [0.2, 0.25) is 0 Å². The number of amides is 1. The van der Waals surface area contributed by atoms with Gasteiger partial charge in [0.15, 0.2) is 0 Å². The first kappa shape index (κ1) is 17.5. The van der Waals surface area contributed by atoms with Crippen molar-refractivity contribution in [2.24, 2.45) is 0 Å². The van der Waals surface area contributed by atoms with Gasteiger partial charge in [0.1, 0.15) is 5.82 Å². The SMILES string of the molecule is O=C(NCc1ccccn1)c1cncc(NCCc2ccccc2F)c1. The number of anilines is 1. The number of nitrogens with one attached hydrogen (secondary N) is 2. The van der Waals surface area contributed by atoms with E-state index in [0.717, 1.165) is 5.69 Å². The van der Waals surface area contributed by atoms with Crippen LogP contribution < -0.4 is 10.6 Å². The lowest BCUT2D eigenvalue weighted by Crippen LogP contribution is -2.23. The molecule has 6 heteroatoms. The molecule has 2 aromatic heterocycles. The zero-order chi connectivity index (χ0) is 18.2. The van der Waals surface area contributed by atoms with E-state index >= 15 is 0 Å². The van der Waals surface area contributed by atoms with Crippen molar-refractivity contribution in [2.75, 3.05) is 11.9 Å². The lowest BCUT2D eigenvalue weighted by atomic mass is 10.1. The van der Waals surface area contributed by atoms with Crippen LogP contribution in [0.1, 0.15) is 21.6 Å². The molecule has 2 heterocycles. The molecular formula is C20H19FN4O.